The first-order chi connectivity index (χ1) is 4.84. The third-order valence-electron chi connectivity index (χ3n) is 0.740. The summed E-state index contributed by atoms with van der Waals surface area (Å²) in [5, 5.41) is 11.4. The van der Waals surface area contributed by atoms with Crippen LogP contribution in [0.25, 0.3) is 0 Å². The van der Waals surface area contributed by atoms with Gasteiger partial charge in [-0.2, -0.15) is 13.2 Å². The number of alkyl halides is 3. The summed E-state index contributed by atoms with van der Waals surface area (Å²) in [6.45, 7) is 3.15. The lowest BCUT2D eigenvalue weighted by atomic mass is 10.4. The molecule has 0 radical (unpaired) electrons. The lowest BCUT2D eigenvalue weighted by Crippen LogP contribution is -2.30. The Morgan fingerprint density at radius 3 is 2.36 bits per heavy atom. The molecule has 0 aliphatic rings. The van der Waals surface area contributed by atoms with Crippen LogP contribution in [0.2, 0.25) is 0 Å². The third kappa shape index (κ3) is 4.49. The highest BCUT2D eigenvalue weighted by Crippen LogP contribution is 2.18. The molecule has 0 rings (SSSR count). The van der Waals surface area contributed by atoms with Crippen LogP contribution in [0, 0.1) is 0 Å². The predicted molar refractivity (Wildman–Crippen MR) is 33.9 cm³/mol. The predicted octanol–water partition coefficient (Wildman–Crippen LogP) is 0.238. The molecule has 0 aliphatic heterocycles. The van der Waals surface area contributed by atoms with E-state index in [0.717, 1.165) is 4.68 Å². The maximum atomic E-state index is 11.5. The van der Waals surface area contributed by atoms with Gasteiger partial charge in [-0.25, -0.2) is 0 Å². The van der Waals surface area contributed by atoms with Gasteiger partial charge in [-0.3, -0.25) is 0 Å². The largest absolute Gasteiger partial charge is 0.419 e. The maximum absolute atomic E-state index is 11.5. The molecule has 1 unspecified atom stereocenters. The number of hydrogen-bond donors (Lipinski definition) is 1. The average Bonchev–Trinajstić information content (AvgIpc) is 1.80. The smallest absolute Gasteiger partial charge is 0.378 e. The van der Waals surface area contributed by atoms with E-state index >= 15 is 0 Å². The van der Waals surface area contributed by atoms with Crippen LogP contribution in [0.15, 0.2) is 5.10 Å². The number of aliphatic hydroxyl groups excluding tert-OH is 1. The molecule has 0 spiro atoms. The van der Waals surface area contributed by atoms with Crippen molar-refractivity contribution in [2.24, 2.45) is 5.10 Å². The van der Waals surface area contributed by atoms with E-state index in [1.54, 1.807) is 0 Å². The van der Waals surface area contributed by atoms with Gasteiger partial charge in [0.15, 0.2) is 19.9 Å². The number of aliphatic hydroxyl groups is 1. The summed E-state index contributed by atoms with van der Waals surface area (Å²) in [6.07, 6.45) is -6.81. The van der Waals surface area contributed by atoms with Gasteiger partial charge in [-0.05, 0) is 5.10 Å². The van der Waals surface area contributed by atoms with E-state index in [1.165, 1.54) is 7.05 Å². The molecule has 0 aromatic rings. The molecule has 64 valence electrons. The molecule has 0 heterocycles. The number of rotatable bonds is 2. The summed E-state index contributed by atoms with van der Waals surface area (Å²) in [5.74, 6) is 0. The van der Waals surface area contributed by atoms with Crippen molar-refractivity contribution in [3.05, 3.63) is 0 Å². The Labute approximate surface area is 61.5 Å². The van der Waals surface area contributed by atoms with E-state index < -0.39 is 12.3 Å². The molecule has 0 saturated heterocycles. The first-order valence-corrected chi connectivity index (χ1v) is 2.67. The fraction of sp³-hybridized carbons (Fsp3) is 0.600. The van der Waals surface area contributed by atoms with Gasteiger partial charge in [0, 0.05) is 0 Å². The Hall–Kier alpha value is -0.910. The molecule has 0 aromatic carbocycles. The fourth-order valence-corrected chi connectivity index (χ4v) is 0.261. The van der Waals surface area contributed by atoms with E-state index in [-0.39, 0.29) is 0 Å². The first-order valence-electron chi connectivity index (χ1n) is 2.67. The summed E-state index contributed by atoms with van der Waals surface area (Å²) in [7, 11) is 1.35. The summed E-state index contributed by atoms with van der Waals surface area (Å²) in [5.41, 5.74) is 0. The highest BCUT2D eigenvalue weighted by Gasteiger charge is 2.37. The number of nitrogens with zero attached hydrogens (tertiary/aromatic N) is 2. The van der Waals surface area contributed by atoms with Crippen molar-refractivity contribution in [1.82, 2.24) is 0 Å². The van der Waals surface area contributed by atoms with Gasteiger partial charge < -0.3 is 5.11 Å². The molecular weight excluding hydrogens is 161 g/mol. The molecule has 0 fully saturated rings. The Kier molecular flexibility index (Phi) is 3.18. The van der Waals surface area contributed by atoms with Crippen molar-refractivity contribution < 1.29 is 23.0 Å². The molecule has 11 heavy (non-hydrogen) atoms. The monoisotopic (exact) mass is 169 g/mol. The van der Waals surface area contributed by atoms with Gasteiger partial charge in [0.05, 0.1) is 0 Å². The van der Waals surface area contributed by atoms with Gasteiger partial charge in [-0.15, -0.1) is 4.68 Å². The minimum Gasteiger partial charge on any atom is -0.378 e. The molecule has 1 N–H and O–H groups in total. The molecular formula is C5H8F3N2O+. The van der Waals surface area contributed by atoms with Crippen molar-refractivity contribution in [1.29, 1.82) is 0 Å². The Balaban J connectivity index is 4.07. The van der Waals surface area contributed by atoms with E-state index in [4.69, 9.17) is 5.11 Å². The van der Waals surface area contributed by atoms with Gasteiger partial charge in [0.2, 0.25) is 0 Å². The molecule has 3 nitrogen and oxygen atoms in total. The number of hydrazone groups is 1. The van der Waals surface area contributed by atoms with Crippen LogP contribution in [-0.4, -0.2) is 42.1 Å². The second-order valence-electron chi connectivity index (χ2n) is 1.91. The summed E-state index contributed by atoms with van der Waals surface area (Å²) >= 11 is 0. The second kappa shape index (κ2) is 3.47. The maximum Gasteiger partial charge on any atom is 0.419 e. The minimum absolute atomic E-state index is 0.368. The van der Waals surface area contributed by atoms with Crippen LogP contribution in [0.4, 0.5) is 13.2 Å². The van der Waals surface area contributed by atoms with Crippen LogP contribution in [0.5, 0.6) is 0 Å². The van der Waals surface area contributed by atoms with E-state index in [9.17, 15) is 13.2 Å². The fourth-order valence-electron chi connectivity index (χ4n) is 0.261. The van der Waals surface area contributed by atoms with Crippen LogP contribution in [0.3, 0.4) is 0 Å². The van der Waals surface area contributed by atoms with Crippen molar-refractivity contribution in [3.8, 4) is 0 Å². The van der Waals surface area contributed by atoms with Crippen LogP contribution in [-0.2, 0) is 0 Å². The highest BCUT2D eigenvalue weighted by atomic mass is 19.4. The van der Waals surface area contributed by atoms with Gasteiger partial charge in [0.1, 0.15) is 6.21 Å². The van der Waals surface area contributed by atoms with Gasteiger partial charge in [0.25, 0.3) is 0 Å². The Bertz CT molecular complexity index is 175. The molecule has 1 atom stereocenters. The van der Waals surface area contributed by atoms with Crippen molar-refractivity contribution >= 4 is 12.9 Å². The molecule has 0 amide bonds. The minimum atomic E-state index is -4.65. The van der Waals surface area contributed by atoms with E-state index in [0.29, 0.717) is 6.21 Å². The molecule has 0 bridgehead atoms. The molecule has 0 aliphatic carbocycles. The van der Waals surface area contributed by atoms with E-state index in [2.05, 4.69) is 11.8 Å². The molecule has 0 aromatic heterocycles. The standard InChI is InChI=1S/C5H8F3N2O/c1-10(2)9-3-4(11)5(6,7)8/h3-4,11H,1H2,2H3/q+1/b9-3+. The Morgan fingerprint density at radius 1 is 1.64 bits per heavy atom. The highest BCUT2D eigenvalue weighted by molar-refractivity contribution is 5.62. The quantitative estimate of drug-likeness (QED) is 0.358. The molecule has 6 heteroatoms. The second-order valence-corrected chi connectivity index (χ2v) is 1.91. The van der Waals surface area contributed by atoms with Crippen LogP contribution >= 0.6 is 0 Å². The summed E-state index contributed by atoms with van der Waals surface area (Å²) in [6, 6.07) is 0. The topological polar surface area (TPSA) is 35.6 Å². The van der Waals surface area contributed by atoms with Gasteiger partial charge in [-0.1, -0.05) is 0 Å². The average molecular weight is 169 g/mol. The number of halogens is 3. The van der Waals surface area contributed by atoms with Crippen molar-refractivity contribution in [2.45, 2.75) is 12.3 Å². The zero-order chi connectivity index (χ0) is 9.07. The number of hydrogen-bond acceptors (Lipinski definition) is 2. The SMILES string of the molecule is C=[N+](C)/N=C/C(O)C(F)(F)F. The summed E-state index contributed by atoms with van der Waals surface area (Å²) in [4.78, 5) is 0. The zero-order valence-electron chi connectivity index (χ0n) is 5.84. The third-order valence-corrected chi connectivity index (χ3v) is 0.740. The van der Waals surface area contributed by atoms with Crippen LogP contribution < -0.4 is 0 Å². The Morgan fingerprint density at radius 2 is 2.09 bits per heavy atom. The van der Waals surface area contributed by atoms with Crippen molar-refractivity contribution in [3.63, 3.8) is 0 Å². The van der Waals surface area contributed by atoms with E-state index in [1.807, 2.05) is 0 Å². The summed E-state index contributed by atoms with van der Waals surface area (Å²) < 4.78 is 35.5. The molecule has 0 saturated carbocycles. The first kappa shape index (κ1) is 10.1. The normalized spacial score (nSPS) is 15.4. The van der Waals surface area contributed by atoms with Gasteiger partial charge >= 0.3 is 6.18 Å². The van der Waals surface area contributed by atoms with Crippen LogP contribution in [0.1, 0.15) is 0 Å². The van der Waals surface area contributed by atoms with Crippen molar-refractivity contribution in [2.75, 3.05) is 7.05 Å². The lowest BCUT2D eigenvalue weighted by molar-refractivity contribution is -0.493. The zero-order valence-corrected chi connectivity index (χ0v) is 5.84. The lowest BCUT2D eigenvalue weighted by Gasteiger charge is -2.06.